The first kappa shape index (κ1) is 14.4. The van der Waals surface area contributed by atoms with Crippen molar-refractivity contribution in [2.75, 3.05) is 12.4 Å². The molecule has 1 amide bonds. The molecule has 0 spiro atoms. The molecule has 0 unspecified atom stereocenters. The Labute approximate surface area is 120 Å². The van der Waals surface area contributed by atoms with Gasteiger partial charge in [0.05, 0.1) is 0 Å². The van der Waals surface area contributed by atoms with Crippen LogP contribution in [0.2, 0.25) is 0 Å². The molecule has 106 valence electrons. The number of hydrogen-bond donors (Lipinski definition) is 2. The number of nitrogens with one attached hydrogen (secondary N) is 2. The highest BCUT2D eigenvalue weighted by atomic mass is 32.1. The van der Waals surface area contributed by atoms with Gasteiger partial charge in [-0.05, 0) is 30.5 Å². The summed E-state index contributed by atoms with van der Waals surface area (Å²) in [5.41, 5.74) is 2.00. The van der Waals surface area contributed by atoms with Crippen LogP contribution in [-0.4, -0.2) is 23.2 Å². The van der Waals surface area contributed by atoms with Gasteiger partial charge in [0.1, 0.15) is 5.82 Å². The zero-order chi connectivity index (χ0) is 14.7. The monoisotopic (exact) mass is 294 g/mol. The number of halogens is 1. The zero-order valence-corrected chi connectivity index (χ0v) is 12.3. The minimum atomic E-state index is -0.288. The number of aromatic nitrogens is 2. The first-order valence-electron chi connectivity index (χ1n) is 6.06. The molecule has 1 aromatic carbocycles. The van der Waals surface area contributed by atoms with Crippen LogP contribution in [0.15, 0.2) is 12.1 Å². The maximum Gasteiger partial charge on any atom is 0.282 e. The molecule has 2 N–H and O–H groups in total. The van der Waals surface area contributed by atoms with Crippen LogP contribution in [0.5, 0.6) is 0 Å². The van der Waals surface area contributed by atoms with E-state index < -0.39 is 0 Å². The van der Waals surface area contributed by atoms with Crippen molar-refractivity contribution >= 4 is 22.4 Å². The summed E-state index contributed by atoms with van der Waals surface area (Å²) in [6, 6.07) is 3.45. The van der Waals surface area contributed by atoms with Crippen LogP contribution in [-0.2, 0) is 6.54 Å². The van der Waals surface area contributed by atoms with Gasteiger partial charge in [-0.25, -0.2) is 4.39 Å². The third-order valence-corrected chi connectivity index (χ3v) is 3.72. The van der Waals surface area contributed by atoms with Crippen LogP contribution >= 0.6 is 11.3 Å². The molecule has 0 aliphatic heterocycles. The standard InChI is InChI=1S/C13H15FN4OS/c1-7-4-9(5-8(2)10(7)14)6-16-11(19)12-17-18-13(15-3)20-12/h4-5H,6H2,1-3H3,(H,15,18)(H,16,19). The van der Waals surface area contributed by atoms with Crippen molar-refractivity contribution < 1.29 is 9.18 Å². The summed E-state index contributed by atoms with van der Waals surface area (Å²) >= 11 is 1.18. The fourth-order valence-corrected chi connectivity index (χ4v) is 2.42. The number of nitrogens with zero attached hydrogens (tertiary/aromatic N) is 2. The van der Waals surface area contributed by atoms with Crippen molar-refractivity contribution in [3.63, 3.8) is 0 Å². The van der Waals surface area contributed by atoms with Gasteiger partial charge in [0.2, 0.25) is 10.1 Å². The predicted octanol–water partition coefficient (Wildman–Crippen LogP) is 2.27. The molecule has 1 aromatic heterocycles. The molecule has 0 radical (unpaired) electrons. The lowest BCUT2D eigenvalue weighted by atomic mass is 10.1. The van der Waals surface area contributed by atoms with E-state index in [1.807, 2.05) is 0 Å². The van der Waals surface area contributed by atoms with Crippen LogP contribution in [0.3, 0.4) is 0 Å². The quantitative estimate of drug-likeness (QED) is 0.907. The van der Waals surface area contributed by atoms with Crippen LogP contribution in [0.4, 0.5) is 9.52 Å². The minimum Gasteiger partial charge on any atom is -0.363 e. The summed E-state index contributed by atoms with van der Waals surface area (Å²) < 4.78 is 13.5. The van der Waals surface area contributed by atoms with Crippen molar-refractivity contribution in [2.45, 2.75) is 20.4 Å². The molecular weight excluding hydrogens is 279 g/mol. The van der Waals surface area contributed by atoms with E-state index >= 15 is 0 Å². The van der Waals surface area contributed by atoms with E-state index in [1.165, 1.54) is 11.3 Å². The molecule has 1 heterocycles. The largest absolute Gasteiger partial charge is 0.363 e. The first-order chi connectivity index (χ1) is 9.51. The minimum absolute atomic E-state index is 0.206. The van der Waals surface area contributed by atoms with Gasteiger partial charge in [0.25, 0.3) is 5.91 Å². The van der Waals surface area contributed by atoms with E-state index in [-0.39, 0.29) is 11.7 Å². The molecule has 0 aliphatic carbocycles. The third-order valence-electron chi connectivity index (χ3n) is 2.78. The van der Waals surface area contributed by atoms with E-state index in [9.17, 15) is 9.18 Å². The number of hydrogen-bond acceptors (Lipinski definition) is 5. The summed E-state index contributed by atoms with van der Waals surface area (Å²) in [5.74, 6) is -0.494. The normalized spacial score (nSPS) is 10.4. The van der Waals surface area contributed by atoms with Gasteiger partial charge in [-0.15, -0.1) is 10.2 Å². The molecule has 0 atom stereocenters. The molecule has 0 fully saturated rings. The molecule has 2 aromatic rings. The van der Waals surface area contributed by atoms with Crippen LogP contribution in [0.1, 0.15) is 26.5 Å². The second kappa shape index (κ2) is 5.96. The Morgan fingerprint density at radius 3 is 2.50 bits per heavy atom. The van der Waals surface area contributed by atoms with Crippen molar-refractivity contribution in [2.24, 2.45) is 0 Å². The molecular formula is C13H15FN4OS. The van der Waals surface area contributed by atoms with Gasteiger partial charge >= 0.3 is 0 Å². The Kier molecular flexibility index (Phi) is 4.29. The topological polar surface area (TPSA) is 66.9 Å². The van der Waals surface area contributed by atoms with Crippen molar-refractivity contribution in [1.82, 2.24) is 15.5 Å². The van der Waals surface area contributed by atoms with Crippen molar-refractivity contribution in [3.8, 4) is 0 Å². The molecule has 0 saturated carbocycles. The van der Waals surface area contributed by atoms with Gasteiger partial charge in [-0.1, -0.05) is 23.5 Å². The number of benzene rings is 1. The number of amides is 1. The number of aryl methyl sites for hydroxylation is 2. The fourth-order valence-electron chi connectivity index (χ4n) is 1.81. The second-order valence-corrected chi connectivity index (χ2v) is 5.37. The smallest absolute Gasteiger partial charge is 0.282 e. The number of carbonyl (C=O) groups excluding carboxylic acids is 1. The summed E-state index contributed by atoms with van der Waals surface area (Å²) in [5, 5.41) is 14.0. The average molecular weight is 294 g/mol. The van der Waals surface area contributed by atoms with Gasteiger partial charge < -0.3 is 10.6 Å². The molecule has 0 saturated heterocycles. The van der Waals surface area contributed by atoms with E-state index in [4.69, 9.17) is 0 Å². The van der Waals surface area contributed by atoms with E-state index in [1.54, 1.807) is 33.0 Å². The first-order valence-corrected chi connectivity index (χ1v) is 6.88. The van der Waals surface area contributed by atoms with Crippen LogP contribution in [0, 0.1) is 19.7 Å². The molecule has 0 aliphatic rings. The summed E-state index contributed by atoms with van der Waals surface area (Å²) in [6.45, 7) is 3.74. The van der Waals surface area contributed by atoms with Gasteiger partial charge in [-0.3, -0.25) is 4.79 Å². The highest BCUT2D eigenvalue weighted by Crippen LogP contribution is 2.16. The third kappa shape index (κ3) is 3.11. The summed E-state index contributed by atoms with van der Waals surface area (Å²) in [4.78, 5) is 11.9. The Hall–Kier alpha value is -2.02. The van der Waals surface area contributed by atoms with E-state index in [2.05, 4.69) is 20.8 Å². The molecule has 5 nitrogen and oxygen atoms in total. The van der Waals surface area contributed by atoms with Gasteiger partial charge in [-0.2, -0.15) is 0 Å². The lowest BCUT2D eigenvalue weighted by Gasteiger charge is -2.07. The molecule has 2 rings (SSSR count). The second-order valence-electron chi connectivity index (χ2n) is 4.39. The zero-order valence-electron chi connectivity index (χ0n) is 11.5. The Morgan fingerprint density at radius 1 is 1.30 bits per heavy atom. The maximum absolute atomic E-state index is 13.5. The lowest BCUT2D eigenvalue weighted by Crippen LogP contribution is -2.22. The van der Waals surface area contributed by atoms with E-state index in [0.29, 0.717) is 27.8 Å². The highest BCUT2D eigenvalue weighted by Gasteiger charge is 2.12. The lowest BCUT2D eigenvalue weighted by molar-refractivity contribution is 0.0950. The molecule has 0 bridgehead atoms. The van der Waals surface area contributed by atoms with Gasteiger partial charge in [0, 0.05) is 13.6 Å². The number of anilines is 1. The SMILES string of the molecule is CNc1nnc(C(=O)NCc2cc(C)c(F)c(C)c2)s1. The van der Waals surface area contributed by atoms with Crippen LogP contribution < -0.4 is 10.6 Å². The van der Waals surface area contributed by atoms with E-state index in [0.717, 1.165) is 5.56 Å². The Bertz CT molecular complexity index is 618. The van der Waals surface area contributed by atoms with Gasteiger partial charge in [0.15, 0.2) is 0 Å². The fraction of sp³-hybridized carbons (Fsp3) is 0.308. The predicted molar refractivity (Wildman–Crippen MR) is 76.5 cm³/mol. The molecule has 7 heteroatoms. The van der Waals surface area contributed by atoms with Crippen molar-refractivity contribution in [3.05, 3.63) is 39.6 Å². The van der Waals surface area contributed by atoms with Crippen LogP contribution in [0.25, 0.3) is 0 Å². The number of rotatable bonds is 4. The van der Waals surface area contributed by atoms with Crippen molar-refractivity contribution in [1.29, 1.82) is 0 Å². The average Bonchev–Trinajstić information content (AvgIpc) is 2.91. The maximum atomic E-state index is 13.5. The Morgan fingerprint density at radius 2 is 1.95 bits per heavy atom. The summed E-state index contributed by atoms with van der Waals surface area (Å²) in [7, 11) is 1.71. The number of carbonyl (C=O) groups is 1. The highest BCUT2D eigenvalue weighted by molar-refractivity contribution is 7.17. The summed E-state index contributed by atoms with van der Waals surface area (Å²) in [6.07, 6.45) is 0. The Balaban J connectivity index is 2.03. The molecule has 20 heavy (non-hydrogen) atoms.